The molecule has 0 atom stereocenters. The van der Waals surface area contributed by atoms with Gasteiger partial charge >= 0.3 is 5.97 Å². The number of benzene rings is 1. The zero-order valence-corrected chi connectivity index (χ0v) is 12.6. The van der Waals surface area contributed by atoms with Crippen molar-refractivity contribution in [2.45, 2.75) is 31.1 Å². The lowest BCUT2D eigenvalue weighted by Crippen LogP contribution is -2.39. The Labute approximate surface area is 124 Å². The van der Waals surface area contributed by atoms with Gasteiger partial charge in [-0.1, -0.05) is 13.3 Å². The van der Waals surface area contributed by atoms with Gasteiger partial charge < -0.3 is 9.84 Å². The van der Waals surface area contributed by atoms with Crippen molar-refractivity contribution in [3.05, 3.63) is 24.3 Å². The van der Waals surface area contributed by atoms with Crippen LogP contribution in [0.1, 0.15) is 26.2 Å². The molecular weight excluding hydrogens is 294 g/mol. The highest BCUT2D eigenvalue weighted by atomic mass is 32.2. The van der Waals surface area contributed by atoms with Crippen molar-refractivity contribution in [3.8, 4) is 5.75 Å². The van der Waals surface area contributed by atoms with Crippen LogP contribution in [0.25, 0.3) is 0 Å². The zero-order valence-electron chi connectivity index (χ0n) is 11.8. The van der Waals surface area contributed by atoms with Crippen LogP contribution in [-0.2, 0) is 14.8 Å². The van der Waals surface area contributed by atoms with Crippen molar-refractivity contribution in [2.24, 2.45) is 5.41 Å². The van der Waals surface area contributed by atoms with Crippen LogP contribution in [0.3, 0.4) is 0 Å². The summed E-state index contributed by atoms with van der Waals surface area (Å²) in [6.45, 7) is 2.05. The van der Waals surface area contributed by atoms with Gasteiger partial charge in [0, 0.05) is 6.54 Å². The normalized spacial score (nSPS) is 17.0. The minimum Gasteiger partial charge on any atom is -0.482 e. The van der Waals surface area contributed by atoms with Crippen LogP contribution < -0.4 is 9.46 Å². The van der Waals surface area contributed by atoms with E-state index in [2.05, 4.69) is 11.6 Å². The molecule has 1 saturated carbocycles. The Morgan fingerprint density at radius 1 is 1.33 bits per heavy atom. The van der Waals surface area contributed by atoms with E-state index < -0.39 is 22.6 Å². The van der Waals surface area contributed by atoms with Gasteiger partial charge in [-0.05, 0) is 42.5 Å². The third-order valence-electron chi connectivity index (χ3n) is 3.75. The number of carbonyl (C=O) groups is 1. The number of ether oxygens (including phenoxy) is 1. The Morgan fingerprint density at radius 3 is 2.43 bits per heavy atom. The van der Waals surface area contributed by atoms with Crippen molar-refractivity contribution in [3.63, 3.8) is 0 Å². The molecular formula is C14H19NO5S. The molecule has 0 bridgehead atoms. The molecule has 0 heterocycles. The Kier molecular flexibility index (Phi) is 4.53. The van der Waals surface area contributed by atoms with Crippen LogP contribution in [0.4, 0.5) is 0 Å². The number of carboxylic acids is 1. The van der Waals surface area contributed by atoms with Crippen LogP contribution in [0.15, 0.2) is 29.2 Å². The Morgan fingerprint density at radius 2 is 1.95 bits per heavy atom. The predicted octanol–water partition coefficient (Wildman–Crippen LogP) is 1.62. The lowest BCUT2D eigenvalue weighted by atomic mass is 9.71. The summed E-state index contributed by atoms with van der Waals surface area (Å²) < 4.78 is 31.9. The smallest absolute Gasteiger partial charge is 0.341 e. The molecule has 1 aromatic carbocycles. The molecule has 1 aliphatic rings. The average molecular weight is 313 g/mol. The summed E-state index contributed by atoms with van der Waals surface area (Å²) in [5.74, 6) is -0.760. The number of carboxylic acid groups (broad SMARTS) is 1. The van der Waals surface area contributed by atoms with E-state index in [-0.39, 0.29) is 10.3 Å². The fraction of sp³-hybridized carbons (Fsp3) is 0.500. The summed E-state index contributed by atoms with van der Waals surface area (Å²) in [5, 5.41) is 8.50. The summed E-state index contributed by atoms with van der Waals surface area (Å²) in [5.41, 5.74) is 0.0671. The molecule has 1 aliphatic carbocycles. The maximum absolute atomic E-state index is 12.2. The van der Waals surface area contributed by atoms with E-state index in [0.717, 1.165) is 19.3 Å². The van der Waals surface area contributed by atoms with Gasteiger partial charge in [0.25, 0.3) is 0 Å². The Balaban J connectivity index is 1.97. The van der Waals surface area contributed by atoms with Crippen molar-refractivity contribution in [1.82, 2.24) is 4.72 Å². The maximum Gasteiger partial charge on any atom is 0.341 e. The van der Waals surface area contributed by atoms with Gasteiger partial charge in [0.2, 0.25) is 10.0 Å². The highest BCUT2D eigenvalue weighted by Gasteiger charge is 2.32. The number of nitrogens with one attached hydrogen (secondary N) is 1. The van der Waals surface area contributed by atoms with Crippen LogP contribution in [0.5, 0.6) is 5.75 Å². The van der Waals surface area contributed by atoms with Gasteiger partial charge in [-0.3, -0.25) is 0 Å². The standard InChI is InChI=1S/C14H19NO5S/c1-14(7-2-8-14)10-15-21(18,19)12-5-3-11(4-6-12)20-9-13(16)17/h3-6,15H,2,7-10H2,1H3,(H,16,17). The Bertz CT molecular complexity index is 605. The third-order valence-corrected chi connectivity index (χ3v) is 5.16. The van der Waals surface area contributed by atoms with Crippen molar-refractivity contribution in [1.29, 1.82) is 0 Å². The van der Waals surface area contributed by atoms with E-state index in [1.807, 2.05) is 0 Å². The largest absolute Gasteiger partial charge is 0.482 e. The number of aliphatic carboxylic acids is 1. The van der Waals surface area contributed by atoms with Crippen molar-refractivity contribution >= 4 is 16.0 Å². The first kappa shape index (κ1) is 15.8. The zero-order chi connectivity index (χ0) is 15.5. The van der Waals surface area contributed by atoms with Gasteiger partial charge in [-0.25, -0.2) is 17.9 Å². The van der Waals surface area contributed by atoms with E-state index >= 15 is 0 Å². The molecule has 6 nitrogen and oxygen atoms in total. The minimum absolute atomic E-state index is 0.0671. The van der Waals surface area contributed by atoms with E-state index in [0.29, 0.717) is 12.3 Å². The van der Waals surface area contributed by atoms with Gasteiger partial charge in [-0.2, -0.15) is 0 Å². The van der Waals surface area contributed by atoms with Gasteiger partial charge in [0.05, 0.1) is 4.90 Å². The molecule has 116 valence electrons. The summed E-state index contributed by atoms with van der Waals surface area (Å²) in [6.07, 6.45) is 3.23. The van der Waals surface area contributed by atoms with Gasteiger partial charge in [-0.15, -0.1) is 0 Å². The monoisotopic (exact) mass is 313 g/mol. The van der Waals surface area contributed by atoms with Crippen LogP contribution in [0.2, 0.25) is 0 Å². The quantitative estimate of drug-likeness (QED) is 0.798. The number of hydrogen-bond donors (Lipinski definition) is 2. The fourth-order valence-corrected chi connectivity index (χ4v) is 3.37. The summed E-state index contributed by atoms with van der Waals surface area (Å²) in [6, 6.07) is 5.70. The second-order valence-electron chi connectivity index (χ2n) is 5.64. The first-order valence-electron chi connectivity index (χ1n) is 6.75. The summed E-state index contributed by atoms with van der Waals surface area (Å²) in [4.78, 5) is 10.5. The molecule has 0 spiro atoms. The molecule has 0 unspecified atom stereocenters. The summed E-state index contributed by atoms with van der Waals surface area (Å²) in [7, 11) is -3.54. The van der Waals surface area contributed by atoms with Gasteiger partial charge in [0.1, 0.15) is 5.75 Å². The number of sulfonamides is 1. The highest BCUT2D eigenvalue weighted by molar-refractivity contribution is 7.89. The van der Waals surface area contributed by atoms with E-state index in [1.165, 1.54) is 24.3 Å². The molecule has 2 rings (SSSR count). The van der Waals surface area contributed by atoms with Crippen molar-refractivity contribution in [2.75, 3.05) is 13.2 Å². The first-order chi connectivity index (χ1) is 9.81. The fourth-order valence-electron chi connectivity index (χ4n) is 2.17. The van der Waals surface area contributed by atoms with Crippen LogP contribution in [-0.4, -0.2) is 32.6 Å². The Hall–Kier alpha value is -1.60. The molecule has 0 radical (unpaired) electrons. The lowest BCUT2D eigenvalue weighted by Gasteiger charge is -2.38. The molecule has 7 heteroatoms. The number of rotatable bonds is 7. The molecule has 21 heavy (non-hydrogen) atoms. The summed E-state index contributed by atoms with van der Waals surface area (Å²) >= 11 is 0. The second kappa shape index (κ2) is 6.03. The van der Waals surface area contributed by atoms with E-state index in [1.54, 1.807) is 0 Å². The van der Waals surface area contributed by atoms with Gasteiger partial charge in [0.15, 0.2) is 6.61 Å². The molecule has 2 N–H and O–H groups in total. The SMILES string of the molecule is CC1(CNS(=O)(=O)c2ccc(OCC(=O)O)cc2)CCC1. The van der Waals surface area contributed by atoms with Crippen LogP contribution in [0, 0.1) is 5.41 Å². The first-order valence-corrected chi connectivity index (χ1v) is 8.23. The topological polar surface area (TPSA) is 92.7 Å². The molecule has 0 amide bonds. The minimum atomic E-state index is -3.54. The molecule has 0 saturated heterocycles. The maximum atomic E-state index is 12.2. The van der Waals surface area contributed by atoms with Crippen LogP contribution >= 0.6 is 0 Å². The lowest BCUT2D eigenvalue weighted by molar-refractivity contribution is -0.139. The predicted molar refractivity (Wildman–Crippen MR) is 76.7 cm³/mol. The van der Waals surface area contributed by atoms with Crippen molar-refractivity contribution < 1.29 is 23.1 Å². The number of hydrogen-bond acceptors (Lipinski definition) is 4. The molecule has 1 fully saturated rings. The van der Waals surface area contributed by atoms with E-state index in [9.17, 15) is 13.2 Å². The molecule has 0 aromatic heterocycles. The highest BCUT2D eigenvalue weighted by Crippen LogP contribution is 2.39. The average Bonchev–Trinajstić information content (AvgIpc) is 2.41. The second-order valence-corrected chi connectivity index (χ2v) is 7.41. The molecule has 1 aromatic rings. The third kappa shape index (κ3) is 4.18. The molecule has 0 aliphatic heterocycles. The van der Waals surface area contributed by atoms with E-state index in [4.69, 9.17) is 9.84 Å².